The molecular weight excluding hydrogens is 222 g/mol. The van der Waals surface area contributed by atoms with Gasteiger partial charge in [-0.25, -0.2) is 4.79 Å². The van der Waals surface area contributed by atoms with Crippen LogP contribution in [0.4, 0.5) is 10.7 Å². The summed E-state index contributed by atoms with van der Waals surface area (Å²) in [5.74, 6) is 0.927. The van der Waals surface area contributed by atoms with Crippen molar-refractivity contribution < 1.29 is 9.32 Å². The first kappa shape index (κ1) is 11.7. The smallest absolute Gasteiger partial charge is 0.317 e. The normalized spacial score (nSPS) is 15.1. The molecule has 0 atom stereocenters. The van der Waals surface area contributed by atoms with E-state index in [-0.39, 0.29) is 12.6 Å². The molecule has 2 rings (SSSR count). The van der Waals surface area contributed by atoms with E-state index < -0.39 is 0 Å². The average molecular weight is 239 g/mol. The second-order valence-electron chi connectivity index (χ2n) is 4.24. The molecule has 0 aromatic carbocycles. The number of likely N-dealkylation sites (tertiary alicyclic amines) is 1. The molecule has 17 heavy (non-hydrogen) atoms. The lowest BCUT2D eigenvalue weighted by Crippen LogP contribution is -2.37. The van der Waals surface area contributed by atoms with Crippen LogP contribution in [0.15, 0.2) is 4.52 Å². The Morgan fingerprint density at radius 1 is 1.47 bits per heavy atom. The van der Waals surface area contributed by atoms with Gasteiger partial charge in [-0.05, 0) is 18.0 Å². The molecule has 0 radical (unpaired) electrons. The van der Waals surface area contributed by atoms with Crippen molar-refractivity contribution >= 4 is 12.0 Å². The topological polar surface area (TPSA) is 74.5 Å². The summed E-state index contributed by atoms with van der Waals surface area (Å²) >= 11 is 0. The van der Waals surface area contributed by atoms with Gasteiger partial charge in [0.05, 0.1) is 6.54 Å². The van der Waals surface area contributed by atoms with Crippen LogP contribution < -0.4 is 10.2 Å². The second-order valence-corrected chi connectivity index (χ2v) is 4.24. The highest BCUT2D eigenvalue weighted by molar-refractivity contribution is 5.74. The highest BCUT2D eigenvalue weighted by atomic mass is 16.5. The number of urea groups is 1. The predicted molar refractivity (Wildman–Crippen MR) is 61.7 cm³/mol. The molecular formula is C10H17N5O2. The van der Waals surface area contributed by atoms with E-state index in [1.165, 1.54) is 0 Å². The van der Waals surface area contributed by atoms with Gasteiger partial charge in [0.2, 0.25) is 5.89 Å². The summed E-state index contributed by atoms with van der Waals surface area (Å²) in [6, 6.07) is -0.0629. The molecule has 94 valence electrons. The summed E-state index contributed by atoms with van der Waals surface area (Å²) in [5, 5.41) is 6.53. The quantitative estimate of drug-likeness (QED) is 0.828. The van der Waals surface area contributed by atoms with Crippen molar-refractivity contribution in [1.82, 2.24) is 20.4 Å². The van der Waals surface area contributed by atoms with Gasteiger partial charge in [-0.1, -0.05) is 0 Å². The van der Waals surface area contributed by atoms with Gasteiger partial charge in [-0.15, -0.1) is 0 Å². The lowest BCUT2D eigenvalue weighted by atomic mass is 10.4. The zero-order valence-electron chi connectivity index (χ0n) is 10.1. The van der Waals surface area contributed by atoms with Crippen LogP contribution >= 0.6 is 0 Å². The Labute approximate surface area is 99.8 Å². The number of aromatic nitrogens is 2. The van der Waals surface area contributed by atoms with Crippen molar-refractivity contribution in [3.8, 4) is 0 Å². The standard InChI is InChI=1S/C10H17N5O2/c1-14(2)9-12-8(17-13-9)7-11-10(16)15-5-3-4-6-15/h3-7H2,1-2H3,(H,11,16). The summed E-state index contributed by atoms with van der Waals surface area (Å²) in [6.45, 7) is 1.94. The molecule has 7 nitrogen and oxygen atoms in total. The third-order valence-electron chi connectivity index (χ3n) is 2.64. The Morgan fingerprint density at radius 2 is 2.18 bits per heavy atom. The van der Waals surface area contributed by atoms with Crippen LogP contribution in [-0.2, 0) is 6.54 Å². The zero-order chi connectivity index (χ0) is 12.3. The summed E-state index contributed by atoms with van der Waals surface area (Å²) in [7, 11) is 3.66. The first-order valence-corrected chi connectivity index (χ1v) is 5.69. The first-order valence-electron chi connectivity index (χ1n) is 5.69. The fourth-order valence-corrected chi connectivity index (χ4v) is 1.68. The maximum atomic E-state index is 11.7. The molecule has 1 aromatic heterocycles. The van der Waals surface area contributed by atoms with Crippen LogP contribution in [0.25, 0.3) is 0 Å². The van der Waals surface area contributed by atoms with E-state index in [1.807, 2.05) is 14.1 Å². The number of amides is 2. The van der Waals surface area contributed by atoms with Crippen LogP contribution in [0.2, 0.25) is 0 Å². The van der Waals surface area contributed by atoms with Crippen molar-refractivity contribution in [2.45, 2.75) is 19.4 Å². The van der Waals surface area contributed by atoms with E-state index in [4.69, 9.17) is 4.52 Å². The number of nitrogens with one attached hydrogen (secondary N) is 1. The number of carbonyl (C=O) groups excluding carboxylic acids is 1. The molecule has 1 aliphatic heterocycles. The average Bonchev–Trinajstić information content (AvgIpc) is 2.97. The van der Waals surface area contributed by atoms with Gasteiger partial charge in [-0.3, -0.25) is 0 Å². The summed E-state index contributed by atoms with van der Waals surface area (Å²) in [5.41, 5.74) is 0. The van der Waals surface area contributed by atoms with Crippen molar-refractivity contribution in [3.05, 3.63) is 5.89 Å². The van der Waals surface area contributed by atoms with E-state index in [1.54, 1.807) is 9.80 Å². The Hall–Kier alpha value is -1.79. The van der Waals surface area contributed by atoms with Gasteiger partial charge in [0.25, 0.3) is 5.95 Å². The van der Waals surface area contributed by atoms with E-state index in [0.717, 1.165) is 25.9 Å². The van der Waals surface area contributed by atoms with Crippen molar-refractivity contribution in [2.75, 3.05) is 32.1 Å². The summed E-state index contributed by atoms with van der Waals surface area (Å²) in [4.78, 5) is 19.3. The molecule has 0 aliphatic carbocycles. The lowest BCUT2D eigenvalue weighted by molar-refractivity contribution is 0.206. The number of anilines is 1. The molecule has 0 spiro atoms. The number of hydrogen-bond acceptors (Lipinski definition) is 5. The molecule has 7 heteroatoms. The van der Waals surface area contributed by atoms with Gasteiger partial charge in [-0.2, -0.15) is 4.98 Å². The fraction of sp³-hybridized carbons (Fsp3) is 0.700. The molecule has 0 bridgehead atoms. The van der Waals surface area contributed by atoms with Gasteiger partial charge in [0.15, 0.2) is 0 Å². The maximum absolute atomic E-state index is 11.7. The molecule has 1 aliphatic rings. The Bertz CT molecular complexity index is 384. The number of carbonyl (C=O) groups is 1. The van der Waals surface area contributed by atoms with Crippen LogP contribution in [0.1, 0.15) is 18.7 Å². The lowest BCUT2D eigenvalue weighted by Gasteiger charge is -2.14. The SMILES string of the molecule is CN(C)c1noc(CNC(=O)N2CCCC2)n1. The highest BCUT2D eigenvalue weighted by Gasteiger charge is 2.18. The van der Waals surface area contributed by atoms with Crippen molar-refractivity contribution in [2.24, 2.45) is 0 Å². The Balaban J connectivity index is 1.82. The molecule has 1 N–H and O–H groups in total. The fourth-order valence-electron chi connectivity index (χ4n) is 1.68. The van der Waals surface area contributed by atoms with Crippen LogP contribution in [0.3, 0.4) is 0 Å². The minimum atomic E-state index is -0.0629. The van der Waals surface area contributed by atoms with Gasteiger partial charge < -0.3 is 19.6 Å². The van der Waals surface area contributed by atoms with E-state index >= 15 is 0 Å². The molecule has 2 heterocycles. The van der Waals surface area contributed by atoms with Gasteiger partial charge in [0.1, 0.15) is 0 Å². The van der Waals surface area contributed by atoms with E-state index in [9.17, 15) is 4.79 Å². The number of hydrogen-bond donors (Lipinski definition) is 1. The van der Waals surface area contributed by atoms with Crippen LogP contribution in [-0.4, -0.2) is 48.3 Å². The highest BCUT2D eigenvalue weighted by Crippen LogP contribution is 2.08. The zero-order valence-corrected chi connectivity index (χ0v) is 10.1. The van der Waals surface area contributed by atoms with Crippen LogP contribution in [0.5, 0.6) is 0 Å². The van der Waals surface area contributed by atoms with Crippen molar-refractivity contribution in [1.29, 1.82) is 0 Å². The molecule has 0 saturated carbocycles. The van der Waals surface area contributed by atoms with Crippen molar-refractivity contribution in [3.63, 3.8) is 0 Å². The van der Waals surface area contributed by atoms with Gasteiger partial charge >= 0.3 is 6.03 Å². The molecule has 1 aromatic rings. The molecule has 2 amide bonds. The maximum Gasteiger partial charge on any atom is 0.317 e. The number of nitrogens with zero attached hydrogens (tertiary/aromatic N) is 4. The van der Waals surface area contributed by atoms with Crippen LogP contribution in [0, 0.1) is 0 Å². The monoisotopic (exact) mass is 239 g/mol. The van der Waals surface area contributed by atoms with Gasteiger partial charge in [0, 0.05) is 27.2 Å². The van der Waals surface area contributed by atoms with E-state index in [0.29, 0.717) is 11.8 Å². The summed E-state index contributed by atoms with van der Waals surface area (Å²) in [6.07, 6.45) is 2.16. The first-order chi connectivity index (χ1) is 8.16. The Morgan fingerprint density at radius 3 is 2.76 bits per heavy atom. The minimum absolute atomic E-state index is 0.0629. The Kier molecular flexibility index (Phi) is 3.46. The minimum Gasteiger partial charge on any atom is -0.344 e. The second kappa shape index (κ2) is 5.03. The predicted octanol–water partition coefficient (Wildman–Crippen LogP) is 0.441. The number of rotatable bonds is 3. The molecule has 0 unspecified atom stereocenters. The molecule has 1 fully saturated rings. The van der Waals surface area contributed by atoms with E-state index in [2.05, 4.69) is 15.5 Å². The largest absolute Gasteiger partial charge is 0.344 e. The molecule has 1 saturated heterocycles. The third-order valence-corrected chi connectivity index (χ3v) is 2.64. The summed E-state index contributed by atoms with van der Waals surface area (Å²) < 4.78 is 5.00. The third kappa shape index (κ3) is 2.86.